The number of rotatable bonds is 20. The summed E-state index contributed by atoms with van der Waals surface area (Å²) < 4.78 is 0. The highest BCUT2D eigenvalue weighted by Gasteiger charge is 2.05. The standard InChI is InChI=1S/C24H48/c1-4-7-8-9-10-11-12-13-14-15-16-17-18-19-20-23-24(21-5-2)22-6-3/h5,24H,2,4,6-23H2,1,3H3. The van der Waals surface area contributed by atoms with Crippen LogP contribution in [0.2, 0.25) is 0 Å². The van der Waals surface area contributed by atoms with E-state index >= 15 is 0 Å². The quantitative estimate of drug-likeness (QED) is 0.153. The van der Waals surface area contributed by atoms with Gasteiger partial charge >= 0.3 is 0 Å². The molecule has 1 unspecified atom stereocenters. The molecule has 0 amide bonds. The first kappa shape index (κ1) is 23.7. The second-order valence-corrected chi connectivity index (χ2v) is 7.92. The highest BCUT2D eigenvalue weighted by Crippen LogP contribution is 2.20. The van der Waals surface area contributed by atoms with Gasteiger partial charge in [0, 0.05) is 0 Å². The van der Waals surface area contributed by atoms with E-state index in [2.05, 4.69) is 26.5 Å². The average Bonchev–Trinajstić information content (AvgIpc) is 2.58. The van der Waals surface area contributed by atoms with Crippen LogP contribution in [0.5, 0.6) is 0 Å². The van der Waals surface area contributed by atoms with Crippen LogP contribution < -0.4 is 0 Å². The average molecular weight is 337 g/mol. The Balaban J connectivity index is 3.15. The van der Waals surface area contributed by atoms with Gasteiger partial charge in [0.2, 0.25) is 0 Å². The van der Waals surface area contributed by atoms with Gasteiger partial charge in [-0.2, -0.15) is 0 Å². The van der Waals surface area contributed by atoms with E-state index in [1.807, 2.05) is 0 Å². The lowest BCUT2D eigenvalue weighted by molar-refractivity contribution is 0.422. The van der Waals surface area contributed by atoms with Gasteiger partial charge < -0.3 is 0 Å². The summed E-state index contributed by atoms with van der Waals surface area (Å²) in [6.45, 7) is 8.51. The molecule has 0 heteroatoms. The van der Waals surface area contributed by atoms with Gasteiger partial charge in [-0.05, 0) is 12.3 Å². The Bertz CT molecular complexity index is 230. The molecule has 0 aromatic rings. The highest BCUT2D eigenvalue weighted by atomic mass is 14.1. The minimum absolute atomic E-state index is 0.912. The molecule has 0 aliphatic heterocycles. The van der Waals surface area contributed by atoms with Crippen molar-refractivity contribution < 1.29 is 0 Å². The number of hydrogen-bond donors (Lipinski definition) is 0. The fourth-order valence-corrected chi connectivity index (χ4v) is 3.83. The smallest absolute Gasteiger partial charge is 0.0325 e. The summed E-state index contributed by atoms with van der Waals surface area (Å²) in [5.74, 6) is 0.912. The van der Waals surface area contributed by atoms with Gasteiger partial charge in [0.25, 0.3) is 0 Å². The summed E-state index contributed by atoms with van der Waals surface area (Å²) in [6.07, 6.45) is 29.4. The predicted octanol–water partition coefficient (Wildman–Crippen LogP) is 9.24. The number of hydrogen-bond acceptors (Lipinski definition) is 0. The summed E-state index contributed by atoms with van der Waals surface area (Å²) in [7, 11) is 0. The van der Waals surface area contributed by atoms with Gasteiger partial charge in [-0.25, -0.2) is 0 Å². The van der Waals surface area contributed by atoms with E-state index in [4.69, 9.17) is 0 Å². The van der Waals surface area contributed by atoms with Crippen LogP contribution in [-0.2, 0) is 0 Å². The summed E-state index contributed by atoms with van der Waals surface area (Å²) in [6, 6.07) is 0. The SMILES string of the molecule is C=CCC(CCC)CCCCCCCCCCCCCCCCC. The van der Waals surface area contributed by atoms with Crippen molar-refractivity contribution in [3.8, 4) is 0 Å². The highest BCUT2D eigenvalue weighted by molar-refractivity contribution is 4.73. The van der Waals surface area contributed by atoms with Crippen molar-refractivity contribution in [2.75, 3.05) is 0 Å². The Morgan fingerprint density at radius 3 is 1.33 bits per heavy atom. The number of unbranched alkanes of at least 4 members (excludes halogenated alkanes) is 14. The predicted molar refractivity (Wildman–Crippen MR) is 113 cm³/mol. The van der Waals surface area contributed by atoms with Crippen molar-refractivity contribution in [3.05, 3.63) is 12.7 Å². The van der Waals surface area contributed by atoms with E-state index in [0.717, 1.165) is 5.92 Å². The van der Waals surface area contributed by atoms with E-state index in [9.17, 15) is 0 Å². The van der Waals surface area contributed by atoms with E-state index in [1.54, 1.807) is 0 Å². The van der Waals surface area contributed by atoms with E-state index < -0.39 is 0 Å². The molecular weight excluding hydrogens is 288 g/mol. The van der Waals surface area contributed by atoms with Crippen LogP contribution in [0.15, 0.2) is 12.7 Å². The molecule has 0 aromatic carbocycles. The van der Waals surface area contributed by atoms with Crippen molar-refractivity contribution in [2.45, 2.75) is 136 Å². The lowest BCUT2D eigenvalue weighted by atomic mass is 9.93. The first-order valence-corrected chi connectivity index (χ1v) is 11.5. The van der Waals surface area contributed by atoms with Crippen LogP contribution >= 0.6 is 0 Å². The molecule has 0 spiro atoms. The van der Waals surface area contributed by atoms with Crippen LogP contribution in [0.1, 0.15) is 136 Å². The van der Waals surface area contributed by atoms with Gasteiger partial charge in [0.15, 0.2) is 0 Å². The molecular formula is C24H48. The molecule has 0 radical (unpaired) electrons. The van der Waals surface area contributed by atoms with E-state index in [1.165, 1.54) is 122 Å². The molecule has 0 N–H and O–H groups in total. The van der Waals surface area contributed by atoms with E-state index in [0.29, 0.717) is 0 Å². The largest absolute Gasteiger partial charge is 0.103 e. The van der Waals surface area contributed by atoms with Crippen LogP contribution in [0.3, 0.4) is 0 Å². The second-order valence-electron chi connectivity index (χ2n) is 7.92. The minimum Gasteiger partial charge on any atom is -0.103 e. The zero-order valence-electron chi connectivity index (χ0n) is 17.3. The van der Waals surface area contributed by atoms with Gasteiger partial charge in [-0.3, -0.25) is 0 Å². The maximum Gasteiger partial charge on any atom is -0.0325 e. The third-order valence-electron chi connectivity index (χ3n) is 5.41. The van der Waals surface area contributed by atoms with Gasteiger partial charge in [0.1, 0.15) is 0 Å². The lowest BCUT2D eigenvalue weighted by Crippen LogP contribution is -1.98. The second kappa shape index (κ2) is 20.8. The molecule has 0 saturated carbocycles. The molecule has 0 aliphatic carbocycles. The van der Waals surface area contributed by atoms with Crippen molar-refractivity contribution in [1.29, 1.82) is 0 Å². The minimum atomic E-state index is 0.912. The Labute approximate surface area is 154 Å². The maximum atomic E-state index is 3.90. The third kappa shape index (κ3) is 18.1. The molecule has 24 heavy (non-hydrogen) atoms. The third-order valence-corrected chi connectivity index (χ3v) is 5.41. The zero-order valence-corrected chi connectivity index (χ0v) is 17.3. The van der Waals surface area contributed by atoms with Crippen LogP contribution in [0, 0.1) is 5.92 Å². The van der Waals surface area contributed by atoms with Gasteiger partial charge in [0.05, 0.1) is 0 Å². The van der Waals surface area contributed by atoms with Crippen LogP contribution in [0.4, 0.5) is 0 Å². The van der Waals surface area contributed by atoms with Crippen LogP contribution in [-0.4, -0.2) is 0 Å². The van der Waals surface area contributed by atoms with Crippen LogP contribution in [0.25, 0.3) is 0 Å². The Hall–Kier alpha value is -0.260. The summed E-state index contributed by atoms with van der Waals surface area (Å²) in [4.78, 5) is 0. The molecule has 0 saturated heterocycles. The van der Waals surface area contributed by atoms with Crippen molar-refractivity contribution >= 4 is 0 Å². The molecule has 0 aromatic heterocycles. The fraction of sp³-hybridized carbons (Fsp3) is 0.917. The van der Waals surface area contributed by atoms with Gasteiger partial charge in [-0.1, -0.05) is 135 Å². The van der Waals surface area contributed by atoms with Crippen molar-refractivity contribution in [2.24, 2.45) is 5.92 Å². The molecule has 0 fully saturated rings. The summed E-state index contributed by atoms with van der Waals surface area (Å²) in [5.41, 5.74) is 0. The molecule has 0 heterocycles. The van der Waals surface area contributed by atoms with Crippen molar-refractivity contribution in [3.63, 3.8) is 0 Å². The molecule has 1 atom stereocenters. The Kier molecular flexibility index (Phi) is 20.6. The van der Waals surface area contributed by atoms with E-state index in [-0.39, 0.29) is 0 Å². The molecule has 0 nitrogen and oxygen atoms in total. The monoisotopic (exact) mass is 336 g/mol. The molecule has 144 valence electrons. The molecule has 0 aliphatic rings. The fourth-order valence-electron chi connectivity index (χ4n) is 3.83. The molecule has 0 rings (SSSR count). The maximum absolute atomic E-state index is 3.90. The number of allylic oxidation sites excluding steroid dienone is 1. The summed E-state index contributed by atoms with van der Waals surface area (Å²) >= 11 is 0. The normalized spacial score (nSPS) is 12.4. The topological polar surface area (TPSA) is 0 Å². The Morgan fingerprint density at radius 1 is 0.542 bits per heavy atom. The van der Waals surface area contributed by atoms with Crippen molar-refractivity contribution in [1.82, 2.24) is 0 Å². The first-order chi connectivity index (χ1) is 11.8. The zero-order chi connectivity index (χ0) is 17.7. The summed E-state index contributed by atoms with van der Waals surface area (Å²) in [5, 5.41) is 0. The Morgan fingerprint density at radius 2 is 0.958 bits per heavy atom. The lowest BCUT2D eigenvalue weighted by Gasteiger charge is -2.13. The van der Waals surface area contributed by atoms with Gasteiger partial charge in [-0.15, -0.1) is 6.58 Å². The first-order valence-electron chi connectivity index (χ1n) is 11.5. The molecule has 0 bridgehead atoms.